The number of aliphatic imine (C=N–C) groups is 4. The molecule has 8 heteroatoms. The molecule has 0 fully saturated rings. The van der Waals surface area contributed by atoms with Crippen LogP contribution in [0.4, 0.5) is 0 Å². The molecule has 0 saturated heterocycles. The van der Waals surface area contributed by atoms with Crippen LogP contribution in [0.15, 0.2) is 129 Å². The van der Waals surface area contributed by atoms with Crippen LogP contribution in [0.1, 0.15) is 77.6 Å². The Morgan fingerprint density at radius 2 is 0.466 bits per heavy atom. The molecule has 0 saturated carbocycles. The van der Waals surface area contributed by atoms with Gasteiger partial charge in [-0.05, 0) is 161 Å². The minimum absolute atomic E-state index is 0.239. The SMILES string of the molecule is CC1(C)COC(c2ccc(-c3cc(-c4ccc(C5=NC(C)(C)CO5)cc4)c(-c4ccc(C5=NC(C)(C)CO5)cc4)cc3-c3ccc(C4=NC(C)(C)CO4)cc3)cc2)=N1. The van der Waals surface area contributed by atoms with Crippen molar-refractivity contribution in [3.63, 3.8) is 0 Å². The van der Waals surface area contributed by atoms with Gasteiger partial charge in [0.25, 0.3) is 0 Å². The van der Waals surface area contributed by atoms with Gasteiger partial charge in [0.2, 0.25) is 23.6 Å². The highest BCUT2D eigenvalue weighted by Crippen LogP contribution is 2.43. The molecule has 0 atom stereocenters. The lowest BCUT2D eigenvalue weighted by molar-refractivity contribution is 0.279. The summed E-state index contributed by atoms with van der Waals surface area (Å²) in [6.07, 6.45) is 0. The molecule has 0 aliphatic carbocycles. The van der Waals surface area contributed by atoms with Gasteiger partial charge in [0.1, 0.15) is 26.4 Å². The van der Waals surface area contributed by atoms with Crippen LogP contribution in [0.3, 0.4) is 0 Å². The van der Waals surface area contributed by atoms with E-state index in [-0.39, 0.29) is 22.2 Å². The largest absolute Gasteiger partial charge is 0.475 e. The van der Waals surface area contributed by atoms with Gasteiger partial charge in [-0.15, -0.1) is 0 Å². The fourth-order valence-corrected chi connectivity index (χ4v) is 7.65. The van der Waals surface area contributed by atoms with Crippen molar-refractivity contribution in [1.82, 2.24) is 0 Å². The van der Waals surface area contributed by atoms with E-state index < -0.39 is 0 Å². The molecule has 0 N–H and O–H groups in total. The van der Waals surface area contributed by atoms with E-state index in [1.165, 1.54) is 0 Å². The Bertz CT molecular complexity index is 2170. The molecule has 0 radical (unpaired) electrons. The molecule has 4 heterocycles. The third-order valence-electron chi connectivity index (χ3n) is 10.8. The van der Waals surface area contributed by atoms with Crippen LogP contribution in [0.5, 0.6) is 0 Å². The molecule has 5 aromatic rings. The third-order valence-corrected chi connectivity index (χ3v) is 10.8. The lowest BCUT2D eigenvalue weighted by Crippen LogP contribution is -2.17. The van der Waals surface area contributed by atoms with E-state index in [9.17, 15) is 0 Å². The summed E-state index contributed by atoms with van der Waals surface area (Å²) in [7, 11) is 0. The Labute approximate surface area is 341 Å². The second kappa shape index (κ2) is 13.8. The average Bonchev–Trinajstić information content (AvgIpc) is 3.98. The van der Waals surface area contributed by atoms with Crippen LogP contribution in [0.2, 0.25) is 0 Å². The van der Waals surface area contributed by atoms with Crippen molar-refractivity contribution in [2.45, 2.75) is 77.5 Å². The number of benzene rings is 5. The standard InChI is InChI=1S/C50H50N4O4/c1-47(2)27-55-43(51-47)35-17-9-31(10-18-35)39-25-41(33-13-21-37(22-14-33)45-53-49(5,6)29-57-45)42(34-15-23-38(24-16-34)46-54-50(7,8)30-58-46)26-40(39)32-11-19-36(20-12-32)44-52-48(3,4)28-56-44/h9-26H,27-30H2,1-8H3. The Hall–Kier alpha value is -6.02. The minimum atomic E-state index is -0.239. The van der Waals surface area contributed by atoms with Crippen molar-refractivity contribution in [1.29, 1.82) is 0 Å². The summed E-state index contributed by atoms with van der Waals surface area (Å²) in [6, 6.07) is 38.9. The normalized spacial score (nSPS) is 19.6. The van der Waals surface area contributed by atoms with Crippen LogP contribution in [-0.2, 0) is 18.9 Å². The maximum atomic E-state index is 6.01. The maximum Gasteiger partial charge on any atom is 0.216 e. The lowest BCUT2D eigenvalue weighted by Gasteiger charge is -2.19. The predicted octanol–water partition coefficient (Wildman–Crippen LogP) is 10.6. The smallest absolute Gasteiger partial charge is 0.216 e. The van der Waals surface area contributed by atoms with E-state index in [1.807, 2.05) is 0 Å². The highest BCUT2D eigenvalue weighted by Gasteiger charge is 2.30. The van der Waals surface area contributed by atoms with Crippen molar-refractivity contribution in [3.8, 4) is 44.5 Å². The van der Waals surface area contributed by atoms with E-state index in [0.717, 1.165) is 66.8 Å². The van der Waals surface area contributed by atoms with Crippen molar-refractivity contribution < 1.29 is 18.9 Å². The zero-order valence-corrected chi connectivity index (χ0v) is 34.6. The zero-order chi connectivity index (χ0) is 40.5. The van der Waals surface area contributed by atoms with Crippen LogP contribution in [0.25, 0.3) is 44.5 Å². The number of ether oxygens (including phenoxy) is 4. The summed E-state index contributed by atoms with van der Waals surface area (Å²) in [6.45, 7) is 19.0. The van der Waals surface area contributed by atoms with Crippen molar-refractivity contribution in [3.05, 3.63) is 131 Å². The first-order valence-electron chi connectivity index (χ1n) is 20.1. The van der Waals surface area contributed by atoms with Gasteiger partial charge in [0.15, 0.2) is 0 Å². The van der Waals surface area contributed by atoms with E-state index in [0.29, 0.717) is 50.0 Å². The molecule has 0 amide bonds. The minimum Gasteiger partial charge on any atom is -0.475 e. The first-order valence-corrected chi connectivity index (χ1v) is 20.1. The Balaban J connectivity index is 1.19. The molecule has 0 unspecified atom stereocenters. The Morgan fingerprint density at radius 1 is 0.293 bits per heavy atom. The quantitative estimate of drug-likeness (QED) is 0.157. The van der Waals surface area contributed by atoms with Gasteiger partial charge < -0.3 is 18.9 Å². The van der Waals surface area contributed by atoms with E-state index in [4.69, 9.17) is 38.9 Å². The first-order chi connectivity index (χ1) is 27.6. The molecule has 4 aliphatic heterocycles. The van der Waals surface area contributed by atoms with E-state index in [2.05, 4.69) is 165 Å². The van der Waals surface area contributed by atoms with Gasteiger partial charge in [0, 0.05) is 22.3 Å². The molecule has 9 rings (SSSR count). The molecule has 4 aliphatic rings. The molecule has 0 aromatic heterocycles. The number of rotatable bonds is 8. The molecular weight excluding hydrogens is 721 g/mol. The molecule has 0 spiro atoms. The van der Waals surface area contributed by atoms with Crippen molar-refractivity contribution in [2.75, 3.05) is 26.4 Å². The first kappa shape index (κ1) is 37.6. The summed E-state index contributed by atoms with van der Waals surface area (Å²) in [5, 5.41) is 0. The van der Waals surface area contributed by atoms with Crippen LogP contribution >= 0.6 is 0 Å². The summed E-state index contributed by atoms with van der Waals surface area (Å²) in [4.78, 5) is 19.3. The number of hydrogen-bond acceptors (Lipinski definition) is 8. The fraction of sp³-hybridized carbons (Fsp3) is 0.320. The molecule has 5 aromatic carbocycles. The average molecular weight is 771 g/mol. The topological polar surface area (TPSA) is 86.4 Å². The summed E-state index contributed by atoms with van der Waals surface area (Å²) >= 11 is 0. The van der Waals surface area contributed by atoms with Gasteiger partial charge >= 0.3 is 0 Å². The van der Waals surface area contributed by atoms with E-state index in [1.54, 1.807) is 0 Å². The van der Waals surface area contributed by atoms with Gasteiger partial charge in [0.05, 0.1) is 22.2 Å². The van der Waals surface area contributed by atoms with Crippen LogP contribution in [0, 0.1) is 0 Å². The van der Waals surface area contributed by atoms with E-state index >= 15 is 0 Å². The number of nitrogens with zero attached hydrogens (tertiary/aromatic N) is 4. The lowest BCUT2D eigenvalue weighted by atomic mass is 9.85. The second-order valence-electron chi connectivity index (χ2n) is 18.3. The summed E-state index contributed by atoms with van der Waals surface area (Å²) in [5.41, 5.74) is 11.7. The summed E-state index contributed by atoms with van der Waals surface area (Å²) < 4.78 is 24.0. The second-order valence-corrected chi connectivity index (χ2v) is 18.3. The highest BCUT2D eigenvalue weighted by atomic mass is 16.5. The molecule has 294 valence electrons. The van der Waals surface area contributed by atoms with Gasteiger partial charge in [-0.25, -0.2) is 20.0 Å². The monoisotopic (exact) mass is 770 g/mol. The molecule has 8 nitrogen and oxygen atoms in total. The predicted molar refractivity (Wildman–Crippen MR) is 234 cm³/mol. The van der Waals surface area contributed by atoms with Crippen molar-refractivity contribution in [2.24, 2.45) is 20.0 Å². The molecule has 58 heavy (non-hydrogen) atoms. The Kier molecular flexibility index (Phi) is 8.95. The molecular formula is C50H50N4O4. The fourth-order valence-electron chi connectivity index (χ4n) is 7.65. The Morgan fingerprint density at radius 3 is 0.621 bits per heavy atom. The van der Waals surface area contributed by atoms with Crippen molar-refractivity contribution >= 4 is 23.6 Å². The van der Waals surface area contributed by atoms with Crippen LogP contribution in [-0.4, -0.2) is 72.2 Å². The third kappa shape index (κ3) is 7.55. The van der Waals surface area contributed by atoms with Gasteiger partial charge in [-0.3, -0.25) is 0 Å². The van der Waals surface area contributed by atoms with Gasteiger partial charge in [-0.1, -0.05) is 48.5 Å². The zero-order valence-electron chi connectivity index (χ0n) is 34.6. The van der Waals surface area contributed by atoms with Crippen LogP contribution < -0.4 is 0 Å². The highest BCUT2D eigenvalue weighted by molar-refractivity contribution is 6.01. The van der Waals surface area contributed by atoms with Gasteiger partial charge in [-0.2, -0.15) is 0 Å². The maximum absolute atomic E-state index is 6.01. The molecule has 0 bridgehead atoms. The summed E-state index contributed by atoms with van der Waals surface area (Å²) in [5.74, 6) is 2.74. The number of hydrogen-bond donors (Lipinski definition) is 0.